The van der Waals surface area contributed by atoms with Gasteiger partial charge in [0, 0.05) is 0 Å². The second-order valence-corrected chi connectivity index (χ2v) is 6.59. The van der Waals surface area contributed by atoms with E-state index in [0.29, 0.717) is 6.42 Å². The monoisotopic (exact) mass is 437 g/mol. The first-order valence-corrected chi connectivity index (χ1v) is 8.75. The van der Waals surface area contributed by atoms with Gasteiger partial charge in [-0.1, -0.05) is 48.0 Å². The summed E-state index contributed by atoms with van der Waals surface area (Å²) >= 11 is 6.12. The minimum atomic E-state index is -5.85. The third-order valence-electron chi connectivity index (χ3n) is 3.94. The van der Waals surface area contributed by atoms with Gasteiger partial charge in [0.25, 0.3) is 0 Å². The Kier molecular flexibility index (Phi) is 7.29. The number of carbonyl (C=O) groups is 1. The maximum Gasteiger partial charge on any atom is 0.455 e. The molecule has 0 saturated carbocycles. The van der Waals surface area contributed by atoms with Crippen molar-refractivity contribution in [2.45, 2.75) is 18.5 Å². The molecule has 0 aromatic heterocycles. The summed E-state index contributed by atoms with van der Waals surface area (Å²) < 4.78 is 68.3. The highest BCUT2D eigenvalue weighted by molar-refractivity contribution is 6.32. The van der Waals surface area contributed by atoms with E-state index in [4.69, 9.17) is 21.4 Å². The van der Waals surface area contributed by atoms with Gasteiger partial charge in [-0.3, -0.25) is 4.90 Å². The van der Waals surface area contributed by atoms with Gasteiger partial charge in [0.15, 0.2) is 0 Å². The largest absolute Gasteiger partial charge is 0.490 e. The first kappa shape index (κ1) is 22.7. The molecule has 29 heavy (non-hydrogen) atoms. The molecule has 10 heteroatoms. The van der Waals surface area contributed by atoms with Gasteiger partial charge in [0.05, 0.1) is 18.1 Å². The van der Waals surface area contributed by atoms with Crippen LogP contribution < -0.4 is 4.74 Å². The molecular weight excluding hydrogens is 421 g/mol. The molecule has 2 aromatic carbocycles. The Morgan fingerprint density at radius 1 is 1.03 bits per heavy atom. The number of nitrogens with zero attached hydrogens (tertiary/aromatic N) is 1. The number of amides is 1. The zero-order valence-electron chi connectivity index (χ0n) is 14.9. The Hall–Kier alpha value is -2.55. The predicted molar refractivity (Wildman–Crippen MR) is 96.8 cm³/mol. The summed E-state index contributed by atoms with van der Waals surface area (Å²) in [7, 11) is 0. The SMILES string of the molecule is O=C(O)N(CCOc1ccc(Cc2ccccc2)cc1Cl)CC(F)(F)C(F)(F)F. The van der Waals surface area contributed by atoms with E-state index in [1.807, 2.05) is 30.3 Å². The molecule has 0 aliphatic rings. The minimum Gasteiger partial charge on any atom is -0.490 e. The van der Waals surface area contributed by atoms with Crippen LogP contribution in [-0.2, 0) is 6.42 Å². The molecule has 1 amide bonds. The van der Waals surface area contributed by atoms with Crippen LogP contribution in [0.3, 0.4) is 0 Å². The van der Waals surface area contributed by atoms with Gasteiger partial charge in [-0.05, 0) is 29.7 Å². The van der Waals surface area contributed by atoms with Gasteiger partial charge in [0.1, 0.15) is 12.4 Å². The van der Waals surface area contributed by atoms with Gasteiger partial charge in [-0.25, -0.2) is 4.79 Å². The number of hydrogen-bond donors (Lipinski definition) is 1. The minimum absolute atomic E-state index is 0.0504. The fraction of sp³-hybridized carbons (Fsp3) is 0.316. The van der Waals surface area contributed by atoms with E-state index in [-0.39, 0.29) is 15.7 Å². The lowest BCUT2D eigenvalue weighted by Gasteiger charge is -2.26. The highest BCUT2D eigenvalue weighted by atomic mass is 35.5. The third-order valence-corrected chi connectivity index (χ3v) is 4.24. The van der Waals surface area contributed by atoms with E-state index < -0.39 is 37.9 Å². The van der Waals surface area contributed by atoms with E-state index >= 15 is 0 Å². The van der Waals surface area contributed by atoms with Crippen molar-refractivity contribution in [3.05, 3.63) is 64.7 Å². The second-order valence-electron chi connectivity index (χ2n) is 6.18. The van der Waals surface area contributed by atoms with Crippen LogP contribution in [0, 0.1) is 0 Å². The Morgan fingerprint density at radius 2 is 1.69 bits per heavy atom. The second kappa shape index (κ2) is 9.30. The summed E-state index contributed by atoms with van der Waals surface area (Å²) in [5, 5.41) is 9.08. The van der Waals surface area contributed by atoms with Crippen LogP contribution >= 0.6 is 11.6 Å². The van der Waals surface area contributed by atoms with E-state index in [0.717, 1.165) is 11.1 Å². The number of benzene rings is 2. The van der Waals surface area contributed by atoms with Gasteiger partial charge in [0.2, 0.25) is 0 Å². The fourth-order valence-electron chi connectivity index (χ4n) is 2.44. The fourth-order valence-corrected chi connectivity index (χ4v) is 2.70. The first-order valence-electron chi connectivity index (χ1n) is 8.37. The molecule has 0 bridgehead atoms. The highest BCUT2D eigenvalue weighted by Gasteiger charge is 2.58. The summed E-state index contributed by atoms with van der Waals surface area (Å²) in [6.45, 7) is -3.15. The van der Waals surface area contributed by atoms with Crippen LogP contribution in [-0.4, -0.2) is 47.9 Å². The molecule has 0 fully saturated rings. The van der Waals surface area contributed by atoms with Gasteiger partial charge in [-0.15, -0.1) is 0 Å². The molecule has 2 rings (SSSR count). The molecule has 0 unspecified atom stereocenters. The van der Waals surface area contributed by atoms with Crippen molar-refractivity contribution in [1.82, 2.24) is 4.90 Å². The van der Waals surface area contributed by atoms with Gasteiger partial charge >= 0.3 is 18.2 Å². The van der Waals surface area contributed by atoms with E-state index in [1.54, 1.807) is 12.1 Å². The molecule has 0 spiro atoms. The summed E-state index contributed by atoms with van der Waals surface area (Å²) in [4.78, 5) is 10.9. The number of halogens is 6. The molecule has 2 aromatic rings. The third kappa shape index (κ3) is 6.49. The maximum atomic E-state index is 13.1. The first-order chi connectivity index (χ1) is 13.5. The van der Waals surface area contributed by atoms with Crippen molar-refractivity contribution in [2.75, 3.05) is 19.7 Å². The van der Waals surface area contributed by atoms with Crippen LogP contribution in [0.4, 0.5) is 26.7 Å². The molecule has 1 N–H and O–H groups in total. The van der Waals surface area contributed by atoms with Crippen LogP contribution in [0.2, 0.25) is 5.02 Å². The van der Waals surface area contributed by atoms with Gasteiger partial charge < -0.3 is 9.84 Å². The standard InChI is InChI=1S/C19H17ClF5NO3/c20-15-11-14(10-13-4-2-1-3-5-13)6-7-16(15)29-9-8-26(17(27)28)12-18(21,22)19(23,24)25/h1-7,11H,8-10,12H2,(H,27,28). The Labute approximate surface area is 168 Å². The molecule has 0 aliphatic heterocycles. The van der Waals surface area contributed by atoms with Crippen molar-refractivity contribution in [3.63, 3.8) is 0 Å². The lowest BCUT2D eigenvalue weighted by molar-refractivity contribution is -0.284. The molecule has 158 valence electrons. The topological polar surface area (TPSA) is 49.8 Å². The maximum absolute atomic E-state index is 13.1. The van der Waals surface area contributed by atoms with Crippen LogP contribution in [0.1, 0.15) is 11.1 Å². The van der Waals surface area contributed by atoms with E-state index in [9.17, 15) is 26.7 Å². The Bertz CT molecular complexity index is 830. The zero-order chi connectivity index (χ0) is 21.7. The van der Waals surface area contributed by atoms with Crippen LogP contribution in [0.25, 0.3) is 0 Å². The lowest BCUT2D eigenvalue weighted by atomic mass is 10.1. The molecule has 4 nitrogen and oxygen atoms in total. The molecule has 0 saturated heterocycles. The van der Waals surface area contributed by atoms with Crippen molar-refractivity contribution in [2.24, 2.45) is 0 Å². The van der Waals surface area contributed by atoms with Crippen molar-refractivity contribution in [3.8, 4) is 5.75 Å². The highest BCUT2D eigenvalue weighted by Crippen LogP contribution is 2.36. The molecular formula is C19H17ClF5NO3. The number of rotatable bonds is 8. The number of hydrogen-bond acceptors (Lipinski definition) is 2. The lowest BCUT2D eigenvalue weighted by Crippen LogP contribution is -2.49. The molecule has 0 heterocycles. The summed E-state index contributed by atoms with van der Waals surface area (Å²) in [5.41, 5.74) is 1.94. The Balaban J connectivity index is 1.95. The van der Waals surface area contributed by atoms with Gasteiger partial charge in [-0.2, -0.15) is 22.0 Å². The zero-order valence-corrected chi connectivity index (χ0v) is 15.7. The average molecular weight is 438 g/mol. The van der Waals surface area contributed by atoms with Crippen molar-refractivity contribution >= 4 is 17.7 Å². The molecule has 0 aliphatic carbocycles. The summed E-state index contributed by atoms with van der Waals surface area (Å²) in [6.07, 6.45) is -7.15. The number of alkyl halides is 5. The Morgan fingerprint density at radius 3 is 2.24 bits per heavy atom. The van der Waals surface area contributed by atoms with Crippen molar-refractivity contribution < 1.29 is 36.6 Å². The summed E-state index contributed by atoms with van der Waals surface area (Å²) in [5.74, 6) is -5.00. The van der Waals surface area contributed by atoms with E-state index in [1.165, 1.54) is 6.07 Å². The predicted octanol–water partition coefficient (Wildman–Crippen LogP) is 5.49. The van der Waals surface area contributed by atoms with Crippen LogP contribution in [0.5, 0.6) is 5.75 Å². The van der Waals surface area contributed by atoms with E-state index in [2.05, 4.69) is 0 Å². The summed E-state index contributed by atoms with van der Waals surface area (Å²) in [6, 6.07) is 14.4. The smallest absolute Gasteiger partial charge is 0.455 e. The number of ether oxygens (including phenoxy) is 1. The molecule has 0 radical (unpaired) electrons. The normalized spacial score (nSPS) is 11.9. The van der Waals surface area contributed by atoms with Crippen LogP contribution in [0.15, 0.2) is 48.5 Å². The quantitative estimate of drug-likeness (QED) is 0.556. The van der Waals surface area contributed by atoms with Crippen molar-refractivity contribution in [1.29, 1.82) is 0 Å². The average Bonchev–Trinajstić information content (AvgIpc) is 2.62. The molecule has 0 atom stereocenters. The number of carboxylic acid groups (broad SMARTS) is 1.